The number of Topliss-reactive ketones (excluding diaryl/α,β-unsaturated/α-hetero) is 1. The van der Waals surface area contributed by atoms with Crippen LogP contribution >= 0.6 is 0 Å². The van der Waals surface area contributed by atoms with Crippen molar-refractivity contribution < 1.29 is 13.2 Å². The van der Waals surface area contributed by atoms with E-state index in [-0.39, 0.29) is 34.5 Å². The SMILES string of the molecule is O=C1CC(c2ccccc2)n2nc(S(=O)(=O)C3CC3)nc21. The fourth-order valence-corrected chi connectivity index (χ4v) is 4.12. The second-order valence-electron chi connectivity index (χ2n) is 5.46. The molecular weight excluding hydrogens is 290 g/mol. The summed E-state index contributed by atoms with van der Waals surface area (Å²) >= 11 is 0. The summed E-state index contributed by atoms with van der Waals surface area (Å²) in [6, 6.07) is 9.22. The van der Waals surface area contributed by atoms with Crippen molar-refractivity contribution >= 4 is 15.6 Å². The van der Waals surface area contributed by atoms with Gasteiger partial charge in [-0.05, 0) is 18.4 Å². The van der Waals surface area contributed by atoms with Gasteiger partial charge in [-0.2, -0.15) is 4.98 Å². The molecule has 7 heteroatoms. The lowest BCUT2D eigenvalue weighted by Gasteiger charge is -2.10. The van der Waals surface area contributed by atoms with Gasteiger partial charge in [0.05, 0.1) is 11.3 Å². The lowest BCUT2D eigenvalue weighted by atomic mass is 10.1. The van der Waals surface area contributed by atoms with E-state index in [4.69, 9.17) is 0 Å². The van der Waals surface area contributed by atoms with Crippen LogP contribution in [0.4, 0.5) is 0 Å². The second-order valence-corrected chi connectivity index (χ2v) is 7.58. The molecule has 0 spiro atoms. The number of rotatable bonds is 3. The van der Waals surface area contributed by atoms with Crippen molar-refractivity contribution in [3.05, 3.63) is 41.7 Å². The summed E-state index contributed by atoms with van der Waals surface area (Å²) in [6.45, 7) is 0. The maximum atomic E-state index is 12.2. The van der Waals surface area contributed by atoms with Gasteiger partial charge < -0.3 is 0 Å². The quantitative estimate of drug-likeness (QED) is 0.855. The van der Waals surface area contributed by atoms with Crippen LogP contribution in [0.25, 0.3) is 0 Å². The molecule has 108 valence electrons. The number of sulfone groups is 1. The van der Waals surface area contributed by atoms with Crippen LogP contribution < -0.4 is 0 Å². The largest absolute Gasteiger partial charge is 0.291 e. The van der Waals surface area contributed by atoms with Crippen LogP contribution in [-0.4, -0.2) is 34.2 Å². The summed E-state index contributed by atoms with van der Waals surface area (Å²) < 4.78 is 25.9. The highest BCUT2D eigenvalue weighted by Crippen LogP contribution is 2.35. The Morgan fingerprint density at radius 2 is 1.86 bits per heavy atom. The molecule has 1 atom stereocenters. The van der Waals surface area contributed by atoms with E-state index in [2.05, 4.69) is 10.1 Å². The van der Waals surface area contributed by atoms with Crippen molar-refractivity contribution in [2.24, 2.45) is 0 Å². The van der Waals surface area contributed by atoms with Crippen LogP contribution in [0.1, 0.15) is 41.5 Å². The van der Waals surface area contributed by atoms with Gasteiger partial charge in [-0.25, -0.2) is 13.1 Å². The molecule has 1 fully saturated rings. The van der Waals surface area contributed by atoms with Crippen LogP contribution in [0.3, 0.4) is 0 Å². The minimum atomic E-state index is -3.47. The lowest BCUT2D eigenvalue weighted by molar-refractivity contribution is 0.0986. The number of benzene rings is 1. The Kier molecular flexibility index (Phi) is 2.56. The molecule has 4 rings (SSSR count). The second kappa shape index (κ2) is 4.24. The molecule has 1 aromatic heterocycles. The highest BCUT2D eigenvalue weighted by atomic mass is 32.2. The van der Waals surface area contributed by atoms with Gasteiger partial charge >= 0.3 is 0 Å². The van der Waals surface area contributed by atoms with Crippen molar-refractivity contribution in [1.82, 2.24) is 14.8 Å². The molecular formula is C14H13N3O3S. The third-order valence-corrected chi connectivity index (χ3v) is 5.97. The number of ketones is 1. The third-order valence-electron chi connectivity index (χ3n) is 3.94. The summed E-state index contributed by atoms with van der Waals surface area (Å²) in [5.41, 5.74) is 0.935. The number of aromatic nitrogens is 3. The topological polar surface area (TPSA) is 81.9 Å². The molecule has 6 nitrogen and oxygen atoms in total. The Hall–Kier alpha value is -2.02. The molecule has 0 amide bonds. The molecule has 1 unspecified atom stereocenters. The highest BCUT2D eigenvalue weighted by molar-refractivity contribution is 7.92. The van der Waals surface area contributed by atoms with E-state index in [0.29, 0.717) is 12.8 Å². The maximum Gasteiger partial charge on any atom is 0.267 e. The Labute approximate surface area is 121 Å². The van der Waals surface area contributed by atoms with E-state index in [0.717, 1.165) is 5.56 Å². The van der Waals surface area contributed by atoms with E-state index >= 15 is 0 Å². The molecule has 1 aliphatic heterocycles. The Morgan fingerprint density at radius 1 is 1.14 bits per heavy atom. The zero-order valence-electron chi connectivity index (χ0n) is 11.1. The Balaban J connectivity index is 1.80. The normalized spacial score (nSPS) is 21.5. The number of carbonyl (C=O) groups excluding carboxylic acids is 1. The van der Waals surface area contributed by atoms with Crippen molar-refractivity contribution in [2.75, 3.05) is 0 Å². The Morgan fingerprint density at radius 3 is 2.52 bits per heavy atom. The molecule has 0 radical (unpaired) electrons. The molecule has 1 saturated carbocycles. The zero-order chi connectivity index (χ0) is 14.6. The monoisotopic (exact) mass is 303 g/mol. The first kappa shape index (κ1) is 12.7. The summed E-state index contributed by atoms with van der Waals surface area (Å²) in [5, 5.41) is 3.56. The predicted molar refractivity (Wildman–Crippen MR) is 73.8 cm³/mol. The third kappa shape index (κ3) is 1.91. The van der Waals surface area contributed by atoms with Gasteiger partial charge in [0.25, 0.3) is 5.16 Å². The molecule has 0 saturated heterocycles. The fourth-order valence-electron chi connectivity index (χ4n) is 2.65. The van der Waals surface area contributed by atoms with Gasteiger partial charge in [-0.1, -0.05) is 30.3 Å². The number of hydrogen-bond acceptors (Lipinski definition) is 5. The van der Waals surface area contributed by atoms with Gasteiger partial charge in [0.15, 0.2) is 5.82 Å². The average Bonchev–Trinajstić information content (AvgIpc) is 3.17. The van der Waals surface area contributed by atoms with Gasteiger partial charge in [0, 0.05) is 6.42 Å². The number of fused-ring (bicyclic) bond motifs is 1. The summed E-state index contributed by atoms with van der Waals surface area (Å²) in [6.07, 6.45) is 1.59. The number of nitrogens with zero attached hydrogens (tertiary/aromatic N) is 3. The van der Waals surface area contributed by atoms with E-state index < -0.39 is 9.84 Å². The van der Waals surface area contributed by atoms with E-state index in [1.807, 2.05) is 30.3 Å². The van der Waals surface area contributed by atoms with Crippen molar-refractivity contribution in [1.29, 1.82) is 0 Å². The highest BCUT2D eigenvalue weighted by Gasteiger charge is 2.42. The van der Waals surface area contributed by atoms with Gasteiger partial charge in [-0.3, -0.25) is 4.79 Å². The standard InChI is InChI=1S/C14H13N3O3S/c18-12-8-11(9-4-2-1-3-5-9)17-13(12)15-14(16-17)21(19,20)10-6-7-10/h1-5,10-11H,6-8H2. The molecule has 0 bridgehead atoms. The predicted octanol–water partition coefficient (Wildman–Crippen LogP) is 1.39. The smallest absolute Gasteiger partial charge is 0.267 e. The maximum absolute atomic E-state index is 12.2. The lowest BCUT2D eigenvalue weighted by Crippen LogP contribution is -2.12. The molecule has 21 heavy (non-hydrogen) atoms. The molecule has 2 aliphatic rings. The molecule has 1 aliphatic carbocycles. The van der Waals surface area contributed by atoms with Gasteiger partial charge in [0.2, 0.25) is 15.6 Å². The van der Waals surface area contributed by atoms with E-state index in [9.17, 15) is 13.2 Å². The summed E-state index contributed by atoms with van der Waals surface area (Å²) in [7, 11) is -3.47. The number of hydrogen-bond donors (Lipinski definition) is 0. The van der Waals surface area contributed by atoms with Crippen LogP contribution in [0, 0.1) is 0 Å². The first-order valence-electron chi connectivity index (χ1n) is 6.86. The Bertz CT molecular complexity index is 822. The average molecular weight is 303 g/mol. The van der Waals surface area contributed by atoms with Crippen LogP contribution in [0.2, 0.25) is 0 Å². The van der Waals surface area contributed by atoms with Crippen molar-refractivity contribution in [2.45, 2.75) is 35.7 Å². The first-order valence-corrected chi connectivity index (χ1v) is 8.40. The minimum Gasteiger partial charge on any atom is -0.291 e. The van der Waals surface area contributed by atoms with Crippen molar-refractivity contribution in [3.8, 4) is 0 Å². The van der Waals surface area contributed by atoms with Gasteiger partial charge in [0.1, 0.15) is 0 Å². The summed E-state index contributed by atoms with van der Waals surface area (Å²) in [5.74, 6) is -0.00308. The number of carbonyl (C=O) groups is 1. The van der Waals surface area contributed by atoms with Gasteiger partial charge in [-0.15, -0.1) is 5.10 Å². The fraction of sp³-hybridized carbons (Fsp3) is 0.357. The van der Waals surface area contributed by atoms with Crippen molar-refractivity contribution in [3.63, 3.8) is 0 Å². The molecule has 2 aromatic rings. The summed E-state index contributed by atoms with van der Waals surface area (Å²) in [4.78, 5) is 16.1. The van der Waals surface area contributed by atoms with Crippen LogP contribution in [0.15, 0.2) is 35.5 Å². The minimum absolute atomic E-state index is 0.156. The molecule has 1 aromatic carbocycles. The molecule has 0 N–H and O–H groups in total. The van der Waals surface area contributed by atoms with Crippen LogP contribution in [-0.2, 0) is 9.84 Å². The van der Waals surface area contributed by atoms with E-state index in [1.54, 1.807) is 0 Å². The zero-order valence-corrected chi connectivity index (χ0v) is 12.0. The molecule has 2 heterocycles. The van der Waals surface area contributed by atoms with E-state index in [1.165, 1.54) is 4.68 Å². The van der Waals surface area contributed by atoms with Crippen LogP contribution in [0.5, 0.6) is 0 Å². The first-order chi connectivity index (χ1) is 10.1.